The van der Waals surface area contributed by atoms with Crippen molar-refractivity contribution in [1.82, 2.24) is 14.3 Å². The van der Waals surface area contributed by atoms with Gasteiger partial charge >= 0.3 is 0 Å². The number of ether oxygens (including phenoxy) is 1. The molecule has 1 aromatic carbocycles. The van der Waals surface area contributed by atoms with Gasteiger partial charge in [0.1, 0.15) is 6.04 Å². The molecule has 1 aromatic heterocycles. The highest BCUT2D eigenvalue weighted by Crippen LogP contribution is 2.21. The summed E-state index contributed by atoms with van der Waals surface area (Å²) < 4.78 is 9.60. The van der Waals surface area contributed by atoms with E-state index >= 15 is 0 Å². The Labute approximate surface area is 133 Å². The zero-order valence-corrected chi connectivity index (χ0v) is 13.2. The van der Waals surface area contributed by atoms with Gasteiger partial charge in [-0.15, -0.1) is 0 Å². The Bertz CT molecular complexity index is 625. The van der Waals surface area contributed by atoms with Crippen LogP contribution in [0.5, 0.6) is 0 Å². The molecule has 1 aliphatic rings. The van der Waals surface area contributed by atoms with E-state index in [4.69, 9.17) is 4.74 Å². The van der Waals surface area contributed by atoms with E-state index in [1.165, 1.54) is 11.5 Å². The van der Waals surface area contributed by atoms with Gasteiger partial charge in [-0.25, -0.2) is 0 Å². The Hall–Kier alpha value is -1.99. The number of rotatable bonds is 4. The molecule has 6 nitrogen and oxygen atoms in total. The number of amides is 1. The van der Waals surface area contributed by atoms with Crippen molar-refractivity contribution in [3.05, 3.63) is 30.3 Å². The second kappa shape index (κ2) is 6.85. The van der Waals surface area contributed by atoms with Crippen LogP contribution in [0.3, 0.4) is 0 Å². The van der Waals surface area contributed by atoms with E-state index in [2.05, 4.69) is 14.7 Å². The monoisotopic (exact) mass is 318 g/mol. The lowest BCUT2D eigenvalue weighted by Crippen LogP contribution is -2.46. The maximum absolute atomic E-state index is 12.3. The number of morpholine rings is 1. The second-order valence-corrected chi connectivity index (χ2v) is 5.84. The van der Waals surface area contributed by atoms with Crippen molar-refractivity contribution in [2.24, 2.45) is 0 Å². The Kier molecular flexibility index (Phi) is 4.65. The summed E-state index contributed by atoms with van der Waals surface area (Å²) in [5.41, 5.74) is 0.971. The van der Waals surface area contributed by atoms with Crippen molar-refractivity contribution in [2.75, 3.05) is 31.6 Å². The van der Waals surface area contributed by atoms with Gasteiger partial charge in [-0.05, 0) is 6.92 Å². The van der Waals surface area contributed by atoms with E-state index in [-0.39, 0.29) is 11.9 Å². The first-order valence-corrected chi connectivity index (χ1v) is 8.03. The standard InChI is InChI=1S/C15H18N4O2S/c1-11(14(20)19-7-9-21-10-8-19)16-15-17-13(18-22-15)12-5-3-2-4-6-12/h2-6,11H,7-10H2,1H3,(H,16,17,18). The zero-order chi connectivity index (χ0) is 15.4. The molecular weight excluding hydrogens is 300 g/mol. The number of aromatic nitrogens is 2. The predicted octanol–water partition coefficient (Wildman–Crippen LogP) is 1.86. The molecule has 0 aliphatic carbocycles. The second-order valence-electron chi connectivity index (χ2n) is 5.09. The molecule has 1 aliphatic heterocycles. The summed E-state index contributed by atoms with van der Waals surface area (Å²) in [6.07, 6.45) is 0. The van der Waals surface area contributed by atoms with Crippen LogP contribution in [0, 0.1) is 0 Å². The maximum atomic E-state index is 12.3. The highest BCUT2D eigenvalue weighted by atomic mass is 32.1. The number of nitrogens with one attached hydrogen (secondary N) is 1. The molecule has 7 heteroatoms. The Morgan fingerprint density at radius 1 is 1.32 bits per heavy atom. The summed E-state index contributed by atoms with van der Waals surface area (Å²) >= 11 is 1.27. The van der Waals surface area contributed by atoms with Crippen LogP contribution in [0.1, 0.15) is 6.92 Å². The van der Waals surface area contributed by atoms with Crippen molar-refractivity contribution in [1.29, 1.82) is 0 Å². The summed E-state index contributed by atoms with van der Waals surface area (Å²) in [6, 6.07) is 9.47. The minimum atomic E-state index is -0.324. The van der Waals surface area contributed by atoms with Gasteiger partial charge in [0.05, 0.1) is 13.2 Å². The molecule has 1 fully saturated rings. The topological polar surface area (TPSA) is 67.4 Å². The normalized spacial score (nSPS) is 16.3. The van der Waals surface area contributed by atoms with E-state index < -0.39 is 0 Å². The van der Waals surface area contributed by atoms with Crippen molar-refractivity contribution in [2.45, 2.75) is 13.0 Å². The number of carbonyl (C=O) groups is 1. The molecule has 1 amide bonds. The van der Waals surface area contributed by atoms with E-state index in [1.807, 2.05) is 42.2 Å². The third-order valence-electron chi connectivity index (χ3n) is 3.49. The minimum absolute atomic E-state index is 0.0692. The first kappa shape index (κ1) is 14.9. The number of hydrogen-bond acceptors (Lipinski definition) is 6. The van der Waals surface area contributed by atoms with Crippen LogP contribution in [0.25, 0.3) is 11.4 Å². The quantitative estimate of drug-likeness (QED) is 0.932. The average molecular weight is 318 g/mol. The summed E-state index contributed by atoms with van der Waals surface area (Å²) in [4.78, 5) is 18.6. The van der Waals surface area contributed by atoms with E-state index in [9.17, 15) is 4.79 Å². The summed E-state index contributed by atoms with van der Waals surface area (Å²) in [7, 11) is 0. The molecular formula is C15H18N4O2S. The SMILES string of the molecule is CC(Nc1nc(-c2ccccc2)ns1)C(=O)N1CCOCC1. The van der Waals surface area contributed by atoms with Crippen LogP contribution in [0.2, 0.25) is 0 Å². The highest BCUT2D eigenvalue weighted by Gasteiger charge is 2.23. The largest absolute Gasteiger partial charge is 0.378 e. The molecule has 1 saturated heterocycles. The third kappa shape index (κ3) is 3.42. The predicted molar refractivity (Wildman–Crippen MR) is 85.8 cm³/mol. The molecule has 1 unspecified atom stereocenters. The van der Waals surface area contributed by atoms with Gasteiger partial charge in [0, 0.05) is 30.2 Å². The van der Waals surface area contributed by atoms with E-state index in [0.29, 0.717) is 37.3 Å². The van der Waals surface area contributed by atoms with Crippen molar-refractivity contribution in [3.8, 4) is 11.4 Å². The molecule has 0 spiro atoms. The molecule has 3 rings (SSSR count). The van der Waals surface area contributed by atoms with Crippen molar-refractivity contribution in [3.63, 3.8) is 0 Å². The van der Waals surface area contributed by atoms with Crippen LogP contribution in [0.4, 0.5) is 5.13 Å². The van der Waals surface area contributed by atoms with Crippen LogP contribution < -0.4 is 5.32 Å². The van der Waals surface area contributed by atoms with Crippen LogP contribution in [0.15, 0.2) is 30.3 Å². The molecule has 0 bridgehead atoms. The summed E-state index contributed by atoms with van der Waals surface area (Å²) in [5, 5.41) is 3.80. The van der Waals surface area contributed by atoms with Crippen molar-refractivity contribution < 1.29 is 9.53 Å². The molecule has 2 heterocycles. The fourth-order valence-corrected chi connectivity index (χ4v) is 2.97. The molecule has 1 atom stereocenters. The van der Waals surface area contributed by atoms with Crippen LogP contribution in [-0.4, -0.2) is 52.5 Å². The highest BCUT2D eigenvalue weighted by molar-refractivity contribution is 7.09. The first-order valence-electron chi connectivity index (χ1n) is 7.26. The van der Waals surface area contributed by atoms with Gasteiger partial charge in [-0.1, -0.05) is 30.3 Å². The number of carbonyl (C=O) groups excluding carboxylic acids is 1. The minimum Gasteiger partial charge on any atom is -0.378 e. The van der Waals surface area contributed by atoms with E-state index in [0.717, 1.165) is 5.56 Å². The van der Waals surface area contributed by atoms with Crippen LogP contribution in [-0.2, 0) is 9.53 Å². The van der Waals surface area contributed by atoms with Crippen LogP contribution >= 0.6 is 11.5 Å². The number of nitrogens with zero attached hydrogens (tertiary/aromatic N) is 3. The fourth-order valence-electron chi connectivity index (χ4n) is 2.29. The molecule has 0 saturated carbocycles. The molecule has 1 N–H and O–H groups in total. The number of benzene rings is 1. The van der Waals surface area contributed by atoms with Gasteiger partial charge in [-0.2, -0.15) is 9.36 Å². The van der Waals surface area contributed by atoms with Gasteiger partial charge in [0.25, 0.3) is 0 Å². The van der Waals surface area contributed by atoms with Gasteiger partial charge in [-0.3, -0.25) is 4.79 Å². The number of hydrogen-bond donors (Lipinski definition) is 1. The Morgan fingerprint density at radius 2 is 2.05 bits per heavy atom. The Balaban J connectivity index is 1.63. The summed E-state index contributed by atoms with van der Waals surface area (Å²) in [6.45, 7) is 4.36. The van der Waals surface area contributed by atoms with Gasteiger partial charge < -0.3 is 15.0 Å². The molecule has 2 aromatic rings. The van der Waals surface area contributed by atoms with Gasteiger partial charge in [0.15, 0.2) is 5.82 Å². The molecule has 116 valence electrons. The molecule has 0 radical (unpaired) electrons. The Morgan fingerprint density at radius 3 is 2.77 bits per heavy atom. The summed E-state index contributed by atoms with van der Waals surface area (Å²) in [5.74, 6) is 0.749. The molecule has 22 heavy (non-hydrogen) atoms. The fraction of sp³-hybridized carbons (Fsp3) is 0.400. The number of anilines is 1. The average Bonchev–Trinajstić information content (AvgIpc) is 3.04. The van der Waals surface area contributed by atoms with Crippen molar-refractivity contribution >= 4 is 22.6 Å². The van der Waals surface area contributed by atoms with Gasteiger partial charge in [0.2, 0.25) is 11.0 Å². The lowest BCUT2D eigenvalue weighted by atomic mass is 10.2. The zero-order valence-electron chi connectivity index (χ0n) is 12.4. The lowest BCUT2D eigenvalue weighted by Gasteiger charge is -2.29. The smallest absolute Gasteiger partial charge is 0.244 e. The first-order chi connectivity index (χ1) is 10.7. The maximum Gasteiger partial charge on any atom is 0.244 e. The van der Waals surface area contributed by atoms with E-state index in [1.54, 1.807) is 0 Å². The lowest BCUT2D eigenvalue weighted by molar-refractivity contribution is -0.135. The third-order valence-corrected chi connectivity index (χ3v) is 4.14.